The van der Waals surface area contributed by atoms with Crippen LogP contribution in [0, 0.1) is 0 Å². The first-order valence-electron chi connectivity index (χ1n) is 4.67. The summed E-state index contributed by atoms with van der Waals surface area (Å²) in [6, 6.07) is 0. The van der Waals surface area contributed by atoms with Gasteiger partial charge in [-0.2, -0.15) is 11.8 Å². The van der Waals surface area contributed by atoms with Crippen LogP contribution in [0.4, 0.5) is 0 Å². The van der Waals surface area contributed by atoms with Gasteiger partial charge < -0.3 is 10.5 Å². The fraction of sp³-hybridized carbons (Fsp3) is 0.889. The van der Waals surface area contributed by atoms with E-state index in [0.29, 0.717) is 10.5 Å². The second-order valence-corrected chi connectivity index (χ2v) is 5.62. The third-order valence-electron chi connectivity index (χ3n) is 2.97. The van der Waals surface area contributed by atoms with Gasteiger partial charge in [-0.3, -0.25) is 4.79 Å². The average molecular weight is 201 g/mol. The van der Waals surface area contributed by atoms with Crippen LogP contribution in [0.15, 0.2) is 0 Å². The largest absolute Gasteiger partial charge is 0.468 e. The highest BCUT2D eigenvalue weighted by Crippen LogP contribution is 2.46. The molecule has 0 aromatic heterocycles. The van der Waals surface area contributed by atoms with Gasteiger partial charge in [0.1, 0.15) is 5.54 Å². The van der Waals surface area contributed by atoms with Crippen LogP contribution in [-0.2, 0) is 9.53 Å². The number of ether oxygens (including phenoxy) is 1. The molecule has 2 N–H and O–H groups in total. The van der Waals surface area contributed by atoms with Crippen LogP contribution in [-0.4, -0.2) is 29.1 Å². The number of nitrogens with two attached hydrogens (primary N) is 1. The lowest BCUT2D eigenvalue weighted by atomic mass is 9.91. The Morgan fingerprint density at radius 1 is 1.46 bits per heavy atom. The van der Waals surface area contributed by atoms with Crippen molar-refractivity contribution in [2.24, 2.45) is 5.73 Å². The van der Waals surface area contributed by atoms with Gasteiger partial charge in [-0.1, -0.05) is 0 Å². The molecule has 4 heteroatoms. The topological polar surface area (TPSA) is 52.3 Å². The quantitative estimate of drug-likeness (QED) is 0.641. The Labute approximate surface area is 82.4 Å². The van der Waals surface area contributed by atoms with E-state index in [-0.39, 0.29) is 5.97 Å². The first kappa shape index (κ1) is 9.34. The van der Waals surface area contributed by atoms with Gasteiger partial charge in [0.25, 0.3) is 0 Å². The molecule has 0 aromatic carbocycles. The second-order valence-electron chi connectivity index (χ2n) is 4.01. The van der Waals surface area contributed by atoms with Crippen LogP contribution < -0.4 is 5.73 Å². The molecular weight excluding hydrogens is 186 g/mol. The Hall–Kier alpha value is -0.220. The first-order chi connectivity index (χ1) is 6.14. The van der Waals surface area contributed by atoms with E-state index in [2.05, 4.69) is 0 Å². The summed E-state index contributed by atoms with van der Waals surface area (Å²) in [5, 5.41) is 1.17. The number of hydrogen-bond donors (Lipinski definition) is 1. The van der Waals surface area contributed by atoms with Crippen molar-refractivity contribution in [2.75, 3.05) is 7.11 Å². The highest BCUT2D eigenvalue weighted by atomic mass is 32.2. The van der Waals surface area contributed by atoms with Crippen LogP contribution in [0.1, 0.15) is 25.7 Å². The third kappa shape index (κ3) is 1.57. The summed E-state index contributed by atoms with van der Waals surface area (Å²) in [7, 11) is 1.42. The minimum atomic E-state index is -0.689. The van der Waals surface area contributed by atoms with Gasteiger partial charge in [-0.05, 0) is 25.7 Å². The number of carbonyl (C=O) groups excluding carboxylic acids is 1. The number of thioether (sulfide) groups is 1. The Balaban J connectivity index is 2.12. The highest BCUT2D eigenvalue weighted by Gasteiger charge is 2.47. The maximum Gasteiger partial charge on any atom is 0.325 e. The first-order valence-corrected chi connectivity index (χ1v) is 5.61. The summed E-state index contributed by atoms with van der Waals surface area (Å²) in [6.45, 7) is 0. The molecule has 0 amide bonds. The molecule has 3 nitrogen and oxygen atoms in total. The fourth-order valence-corrected chi connectivity index (χ4v) is 4.22. The molecule has 2 saturated heterocycles. The number of methoxy groups -OCH3 is 1. The molecule has 2 aliphatic rings. The summed E-state index contributed by atoms with van der Waals surface area (Å²) in [5.74, 6) is -0.232. The van der Waals surface area contributed by atoms with Crippen LogP contribution in [0.2, 0.25) is 0 Å². The molecule has 2 fully saturated rings. The van der Waals surface area contributed by atoms with Crippen molar-refractivity contribution in [1.82, 2.24) is 0 Å². The molecular formula is C9H15NO2S. The Kier molecular flexibility index (Phi) is 2.28. The van der Waals surface area contributed by atoms with Gasteiger partial charge >= 0.3 is 5.97 Å². The summed E-state index contributed by atoms with van der Waals surface area (Å²) < 4.78 is 4.74. The maximum atomic E-state index is 11.5. The predicted molar refractivity (Wildman–Crippen MR) is 52.6 cm³/mol. The van der Waals surface area contributed by atoms with E-state index in [0.717, 1.165) is 12.8 Å². The van der Waals surface area contributed by atoms with E-state index >= 15 is 0 Å². The monoisotopic (exact) mass is 201 g/mol. The SMILES string of the molecule is COC(=O)C1(N)CC2CCC(C1)S2. The van der Waals surface area contributed by atoms with E-state index in [1.807, 2.05) is 11.8 Å². The van der Waals surface area contributed by atoms with Crippen molar-refractivity contribution in [2.45, 2.75) is 41.7 Å². The van der Waals surface area contributed by atoms with Crippen LogP contribution in [0.5, 0.6) is 0 Å². The van der Waals surface area contributed by atoms with E-state index in [9.17, 15) is 4.79 Å². The highest BCUT2D eigenvalue weighted by molar-refractivity contribution is 8.00. The summed E-state index contributed by atoms with van der Waals surface area (Å²) in [5.41, 5.74) is 5.36. The van der Waals surface area contributed by atoms with Crippen LogP contribution >= 0.6 is 11.8 Å². The van der Waals surface area contributed by atoms with Gasteiger partial charge in [-0.25, -0.2) is 0 Å². The van der Waals surface area contributed by atoms with E-state index in [1.165, 1.54) is 20.0 Å². The molecule has 13 heavy (non-hydrogen) atoms. The number of esters is 1. The lowest BCUT2D eigenvalue weighted by molar-refractivity contribution is -0.147. The number of rotatable bonds is 1. The molecule has 0 spiro atoms. The Morgan fingerprint density at radius 2 is 2.00 bits per heavy atom. The zero-order chi connectivity index (χ0) is 9.47. The molecule has 2 unspecified atom stereocenters. The summed E-state index contributed by atoms with van der Waals surface area (Å²) in [4.78, 5) is 11.5. The van der Waals surface area contributed by atoms with Gasteiger partial charge in [0.2, 0.25) is 0 Å². The second kappa shape index (κ2) is 3.17. The predicted octanol–water partition coefficient (Wildman–Crippen LogP) is 0.915. The Morgan fingerprint density at radius 3 is 2.46 bits per heavy atom. The van der Waals surface area contributed by atoms with Crippen molar-refractivity contribution in [3.8, 4) is 0 Å². The Bertz CT molecular complexity index is 220. The smallest absolute Gasteiger partial charge is 0.325 e. The molecule has 0 aliphatic carbocycles. The lowest BCUT2D eigenvalue weighted by Crippen LogP contribution is -2.53. The zero-order valence-corrected chi connectivity index (χ0v) is 8.60. The van der Waals surface area contributed by atoms with Crippen LogP contribution in [0.3, 0.4) is 0 Å². The summed E-state index contributed by atoms with van der Waals surface area (Å²) in [6.07, 6.45) is 4.01. The standard InChI is InChI=1S/C9H15NO2S/c1-12-8(11)9(10)4-6-2-3-7(5-9)13-6/h6-7H,2-5,10H2,1H3. The molecule has 2 heterocycles. The number of hydrogen-bond acceptors (Lipinski definition) is 4. The molecule has 2 atom stereocenters. The lowest BCUT2D eigenvalue weighted by Gasteiger charge is -2.34. The van der Waals surface area contributed by atoms with Crippen molar-refractivity contribution < 1.29 is 9.53 Å². The normalized spacial score (nSPS) is 43.2. The third-order valence-corrected chi connectivity index (χ3v) is 4.55. The maximum absolute atomic E-state index is 11.5. The molecule has 2 aliphatic heterocycles. The minimum Gasteiger partial charge on any atom is -0.468 e. The number of fused-ring (bicyclic) bond motifs is 2. The number of carbonyl (C=O) groups is 1. The van der Waals surface area contributed by atoms with Gasteiger partial charge in [0, 0.05) is 10.5 Å². The molecule has 0 radical (unpaired) electrons. The molecule has 0 aromatic rings. The van der Waals surface area contributed by atoms with Crippen molar-refractivity contribution in [3.63, 3.8) is 0 Å². The van der Waals surface area contributed by atoms with Gasteiger partial charge in [0.05, 0.1) is 7.11 Å². The van der Waals surface area contributed by atoms with E-state index in [4.69, 9.17) is 10.5 Å². The van der Waals surface area contributed by atoms with Crippen molar-refractivity contribution in [3.05, 3.63) is 0 Å². The van der Waals surface area contributed by atoms with E-state index < -0.39 is 5.54 Å². The van der Waals surface area contributed by atoms with Crippen molar-refractivity contribution >= 4 is 17.7 Å². The fourth-order valence-electron chi connectivity index (χ4n) is 2.35. The average Bonchev–Trinajstić information content (AvgIpc) is 2.44. The van der Waals surface area contributed by atoms with E-state index in [1.54, 1.807) is 0 Å². The van der Waals surface area contributed by atoms with Gasteiger partial charge in [0.15, 0.2) is 0 Å². The molecule has 74 valence electrons. The van der Waals surface area contributed by atoms with Crippen LogP contribution in [0.25, 0.3) is 0 Å². The molecule has 2 bridgehead atoms. The zero-order valence-electron chi connectivity index (χ0n) is 7.79. The minimum absolute atomic E-state index is 0.232. The molecule has 2 rings (SSSR count). The van der Waals surface area contributed by atoms with Crippen molar-refractivity contribution in [1.29, 1.82) is 0 Å². The molecule has 0 saturated carbocycles. The van der Waals surface area contributed by atoms with Gasteiger partial charge in [-0.15, -0.1) is 0 Å². The summed E-state index contributed by atoms with van der Waals surface area (Å²) >= 11 is 1.99.